The third-order valence-corrected chi connectivity index (χ3v) is 4.75. The second kappa shape index (κ2) is 9.39. The second-order valence-corrected chi connectivity index (χ2v) is 6.95. The van der Waals surface area contributed by atoms with Crippen molar-refractivity contribution >= 4 is 5.91 Å². The number of nitrogens with zero attached hydrogens (tertiary/aromatic N) is 2. The zero-order valence-electron chi connectivity index (χ0n) is 17.3. The molecular formula is C23H26N2O4. The zero-order chi connectivity index (χ0) is 20.8. The van der Waals surface area contributed by atoms with Crippen molar-refractivity contribution in [1.29, 1.82) is 0 Å². The second-order valence-electron chi connectivity index (χ2n) is 6.95. The Kier molecular flexibility index (Phi) is 6.67. The summed E-state index contributed by atoms with van der Waals surface area (Å²) in [6.07, 6.45) is 0. The van der Waals surface area contributed by atoms with Crippen LogP contribution in [0.25, 0.3) is 11.3 Å². The van der Waals surface area contributed by atoms with Crippen molar-refractivity contribution in [3.05, 3.63) is 70.9 Å². The molecule has 0 radical (unpaired) electrons. The normalized spacial score (nSPS) is 10.8. The molecule has 152 valence electrons. The lowest BCUT2D eigenvalue weighted by atomic mass is 10.0. The standard InChI is InChI=1S/C23H26N2O4/c1-16-5-10-21(17(2)13-16)22-14-19(24-29-22)15-25(11-12-27-3)23(26)18-6-8-20(28-4)9-7-18/h5-10,13-14H,11-12,15H2,1-4H3. The van der Waals surface area contributed by atoms with Crippen LogP contribution < -0.4 is 4.74 Å². The Morgan fingerprint density at radius 1 is 1.07 bits per heavy atom. The third-order valence-electron chi connectivity index (χ3n) is 4.75. The largest absolute Gasteiger partial charge is 0.497 e. The molecule has 0 fully saturated rings. The molecule has 0 aliphatic carbocycles. The SMILES string of the molecule is COCCN(Cc1cc(-c2ccc(C)cc2C)on1)C(=O)c1ccc(OC)cc1. The van der Waals surface area contributed by atoms with Gasteiger partial charge in [-0.3, -0.25) is 4.79 Å². The van der Waals surface area contributed by atoms with Gasteiger partial charge in [0.15, 0.2) is 5.76 Å². The van der Waals surface area contributed by atoms with Crippen LogP contribution in [0, 0.1) is 13.8 Å². The van der Waals surface area contributed by atoms with Gasteiger partial charge in [-0.15, -0.1) is 0 Å². The molecule has 3 aromatic rings. The fourth-order valence-corrected chi connectivity index (χ4v) is 3.17. The van der Waals surface area contributed by atoms with Gasteiger partial charge < -0.3 is 18.9 Å². The summed E-state index contributed by atoms with van der Waals surface area (Å²) in [5, 5.41) is 4.18. The van der Waals surface area contributed by atoms with Gasteiger partial charge in [0.05, 0.1) is 20.3 Å². The number of carbonyl (C=O) groups is 1. The number of ether oxygens (including phenoxy) is 2. The Morgan fingerprint density at radius 3 is 2.48 bits per heavy atom. The summed E-state index contributed by atoms with van der Waals surface area (Å²) in [4.78, 5) is 14.7. The quantitative estimate of drug-likeness (QED) is 0.571. The monoisotopic (exact) mass is 394 g/mol. The number of rotatable bonds is 8. The molecule has 0 spiro atoms. The predicted molar refractivity (Wildman–Crippen MR) is 111 cm³/mol. The number of hydrogen-bond acceptors (Lipinski definition) is 5. The number of aryl methyl sites for hydroxylation is 2. The molecule has 1 aromatic heterocycles. The minimum atomic E-state index is -0.0965. The highest BCUT2D eigenvalue weighted by Crippen LogP contribution is 2.25. The summed E-state index contributed by atoms with van der Waals surface area (Å²) in [5.41, 5.74) is 4.59. The molecule has 0 unspecified atom stereocenters. The van der Waals surface area contributed by atoms with Crippen LogP contribution in [0.2, 0.25) is 0 Å². The topological polar surface area (TPSA) is 64.8 Å². The van der Waals surface area contributed by atoms with E-state index in [0.29, 0.717) is 42.5 Å². The molecule has 0 saturated carbocycles. The summed E-state index contributed by atoms with van der Waals surface area (Å²) >= 11 is 0. The Labute approximate surface area is 171 Å². The molecule has 6 nitrogen and oxygen atoms in total. The first-order valence-electron chi connectivity index (χ1n) is 9.47. The van der Waals surface area contributed by atoms with Crippen LogP contribution >= 0.6 is 0 Å². The molecule has 1 amide bonds. The van der Waals surface area contributed by atoms with E-state index in [0.717, 1.165) is 11.1 Å². The molecule has 0 aliphatic heterocycles. The van der Waals surface area contributed by atoms with E-state index in [4.69, 9.17) is 14.0 Å². The fraction of sp³-hybridized carbons (Fsp3) is 0.304. The highest BCUT2D eigenvalue weighted by molar-refractivity contribution is 5.94. The average Bonchev–Trinajstić information content (AvgIpc) is 3.19. The van der Waals surface area contributed by atoms with Gasteiger partial charge in [-0.25, -0.2) is 0 Å². The van der Waals surface area contributed by atoms with Crippen molar-refractivity contribution in [3.8, 4) is 17.1 Å². The summed E-state index contributed by atoms with van der Waals surface area (Å²) in [5.74, 6) is 1.31. The van der Waals surface area contributed by atoms with Gasteiger partial charge in [-0.05, 0) is 43.7 Å². The first-order chi connectivity index (χ1) is 14.0. The molecule has 6 heteroatoms. The molecule has 0 atom stereocenters. The molecule has 0 aliphatic rings. The lowest BCUT2D eigenvalue weighted by Crippen LogP contribution is -2.33. The van der Waals surface area contributed by atoms with Crippen LogP contribution in [0.3, 0.4) is 0 Å². The molecule has 0 bridgehead atoms. The molecule has 29 heavy (non-hydrogen) atoms. The van der Waals surface area contributed by atoms with E-state index in [9.17, 15) is 4.79 Å². The van der Waals surface area contributed by atoms with Crippen LogP contribution in [-0.2, 0) is 11.3 Å². The van der Waals surface area contributed by atoms with Crippen molar-refractivity contribution in [2.45, 2.75) is 20.4 Å². The van der Waals surface area contributed by atoms with Crippen molar-refractivity contribution < 1.29 is 18.8 Å². The van der Waals surface area contributed by atoms with Gasteiger partial charge >= 0.3 is 0 Å². The molecule has 1 heterocycles. The highest BCUT2D eigenvalue weighted by atomic mass is 16.5. The average molecular weight is 394 g/mol. The number of methoxy groups -OCH3 is 2. The van der Waals surface area contributed by atoms with E-state index in [-0.39, 0.29) is 5.91 Å². The lowest BCUT2D eigenvalue weighted by Gasteiger charge is -2.21. The van der Waals surface area contributed by atoms with Gasteiger partial charge in [0.1, 0.15) is 11.4 Å². The number of benzene rings is 2. The van der Waals surface area contributed by atoms with Crippen LogP contribution in [0.15, 0.2) is 53.1 Å². The van der Waals surface area contributed by atoms with Gasteiger partial charge in [-0.2, -0.15) is 0 Å². The van der Waals surface area contributed by atoms with E-state index in [1.54, 1.807) is 43.4 Å². The summed E-state index contributed by atoms with van der Waals surface area (Å²) in [6, 6.07) is 15.1. The van der Waals surface area contributed by atoms with E-state index in [1.165, 1.54) is 5.56 Å². The van der Waals surface area contributed by atoms with Gasteiger partial charge in [0.25, 0.3) is 5.91 Å². The smallest absolute Gasteiger partial charge is 0.254 e. The molecule has 0 saturated heterocycles. The fourth-order valence-electron chi connectivity index (χ4n) is 3.17. The van der Waals surface area contributed by atoms with Crippen molar-refractivity contribution in [3.63, 3.8) is 0 Å². The van der Waals surface area contributed by atoms with Crippen LogP contribution in [-0.4, -0.2) is 43.3 Å². The zero-order valence-corrected chi connectivity index (χ0v) is 17.3. The van der Waals surface area contributed by atoms with E-state index < -0.39 is 0 Å². The first-order valence-corrected chi connectivity index (χ1v) is 9.47. The molecular weight excluding hydrogens is 368 g/mol. The van der Waals surface area contributed by atoms with Crippen molar-refractivity contribution in [2.24, 2.45) is 0 Å². The molecule has 3 rings (SSSR count). The lowest BCUT2D eigenvalue weighted by molar-refractivity contribution is 0.0676. The Bertz CT molecular complexity index is 963. The predicted octanol–water partition coefficient (Wildman–Crippen LogP) is 4.26. The Balaban J connectivity index is 1.79. The molecule has 2 aromatic carbocycles. The van der Waals surface area contributed by atoms with Crippen LogP contribution in [0.1, 0.15) is 27.2 Å². The number of aromatic nitrogens is 1. The van der Waals surface area contributed by atoms with Gasteiger partial charge in [0, 0.05) is 30.8 Å². The van der Waals surface area contributed by atoms with Gasteiger partial charge in [-0.1, -0.05) is 28.9 Å². The van der Waals surface area contributed by atoms with E-state index >= 15 is 0 Å². The minimum absolute atomic E-state index is 0.0965. The first kappa shape index (κ1) is 20.6. The number of hydrogen-bond donors (Lipinski definition) is 0. The highest BCUT2D eigenvalue weighted by Gasteiger charge is 2.19. The van der Waals surface area contributed by atoms with Gasteiger partial charge in [0.2, 0.25) is 0 Å². The Morgan fingerprint density at radius 2 is 1.83 bits per heavy atom. The minimum Gasteiger partial charge on any atom is -0.497 e. The third kappa shape index (κ3) is 5.03. The van der Waals surface area contributed by atoms with Crippen LogP contribution in [0.4, 0.5) is 0 Å². The summed E-state index contributed by atoms with van der Waals surface area (Å²) in [6.45, 7) is 5.32. The molecule has 0 N–H and O–H groups in total. The summed E-state index contributed by atoms with van der Waals surface area (Å²) < 4.78 is 15.9. The number of amides is 1. The maximum Gasteiger partial charge on any atom is 0.254 e. The van der Waals surface area contributed by atoms with Crippen molar-refractivity contribution in [2.75, 3.05) is 27.4 Å². The van der Waals surface area contributed by atoms with Crippen molar-refractivity contribution in [1.82, 2.24) is 10.1 Å². The number of carbonyl (C=O) groups excluding carboxylic acids is 1. The van der Waals surface area contributed by atoms with E-state index in [2.05, 4.69) is 18.1 Å². The van der Waals surface area contributed by atoms with E-state index in [1.807, 2.05) is 25.1 Å². The maximum absolute atomic E-state index is 13.0. The Hall–Kier alpha value is -3.12. The summed E-state index contributed by atoms with van der Waals surface area (Å²) in [7, 11) is 3.21. The maximum atomic E-state index is 13.0. The van der Waals surface area contributed by atoms with Crippen LogP contribution in [0.5, 0.6) is 5.75 Å².